The molecule has 0 spiro atoms. The third kappa shape index (κ3) is 4.10. The van der Waals surface area contributed by atoms with Crippen LogP contribution in [0.3, 0.4) is 0 Å². The van der Waals surface area contributed by atoms with Crippen LogP contribution in [0.1, 0.15) is 19.3 Å². The molecule has 0 bridgehead atoms. The van der Waals surface area contributed by atoms with Gasteiger partial charge >= 0.3 is 0 Å². The topological polar surface area (TPSA) is 66.9 Å². The first-order valence-electron chi connectivity index (χ1n) is 7.79. The van der Waals surface area contributed by atoms with Crippen molar-refractivity contribution in [3.8, 4) is 0 Å². The largest absolute Gasteiger partial charge is 0.385 e. The Morgan fingerprint density at radius 2 is 2.04 bits per heavy atom. The van der Waals surface area contributed by atoms with Gasteiger partial charge in [0.1, 0.15) is 6.04 Å². The van der Waals surface area contributed by atoms with E-state index in [0.717, 1.165) is 6.42 Å². The van der Waals surface area contributed by atoms with Crippen LogP contribution < -0.4 is 0 Å². The number of sulfonamides is 1. The van der Waals surface area contributed by atoms with Crippen LogP contribution in [0.25, 0.3) is 0 Å². The number of hydrogen-bond acceptors (Lipinski definition) is 4. The fraction of sp³-hybridized carbons (Fsp3) is 0.562. The van der Waals surface area contributed by atoms with Gasteiger partial charge in [-0.05, 0) is 31.4 Å². The van der Waals surface area contributed by atoms with E-state index in [1.807, 2.05) is 0 Å². The van der Waals surface area contributed by atoms with Crippen molar-refractivity contribution >= 4 is 15.9 Å². The Morgan fingerprint density at radius 1 is 1.35 bits per heavy atom. The lowest BCUT2D eigenvalue weighted by molar-refractivity contribution is -0.133. The summed E-state index contributed by atoms with van der Waals surface area (Å²) in [5.74, 6) is -0.141. The Labute approximate surface area is 138 Å². The van der Waals surface area contributed by atoms with E-state index < -0.39 is 16.1 Å². The zero-order valence-corrected chi connectivity index (χ0v) is 14.5. The van der Waals surface area contributed by atoms with Crippen molar-refractivity contribution in [3.05, 3.63) is 30.3 Å². The number of benzene rings is 1. The number of amides is 1. The van der Waals surface area contributed by atoms with Gasteiger partial charge in [-0.3, -0.25) is 4.79 Å². The van der Waals surface area contributed by atoms with Crippen LogP contribution >= 0.6 is 0 Å². The van der Waals surface area contributed by atoms with Crippen LogP contribution in [0.2, 0.25) is 0 Å². The van der Waals surface area contributed by atoms with Crippen molar-refractivity contribution in [3.63, 3.8) is 0 Å². The molecule has 1 amide bonds. The fourth-order valence-electron chi connectivity index (χ4n) is 2.81. The number of likely N-dealkylation sites (N-methyl/N-ethyl adjacent to an activating group) is 1. The number of rotatable bonds is 7. The van der Waals surface area contributed by atoms with Crippen LogP contribution in [-0.4, -0.2) is 63.4 Å². The summed E-state index contributed by atoms with van der Waals surface area (Å²) < 4.78 is 31.9. The van der Waals surface area contributed by atoms with Crippen LogP contribution in [0, 0.1) is 0 Å². The molecule has 1 aliphatic heterocycles. The Kier molecular flexibility index (Phi) is 6.15. The smallest absolute Gasteiger partial charge is 0.243 e. The predicted molar refractivity (Wildman–Crippen MR) is 87.5 cm³/mol. The lowest BCUT2D eigenvalue weighted by Crippen LogP contribution is -2.46. The summed E-state index contributed by atoms with van der Waals surface area (Å²) in [6, 6.07) is 7.69. The Balaban J connectivity index is 2.12. The molecule has 1 unspecified atom stereocenters. The summed E-state index contributed by atoms with van der Waals surface area (Å²) in [4.78, 5) is 14.4. The highest BCUT2D eigenvalue weighted by Gasteiger charge is 2.40. The van der Waals surface area contributed by atoms with E-state index in [2.05, 4.69) is 0 Å². The first-order valence-corrected chi connectivity index (χ1v) is 9.23. The van der Waals surface area contributed by atoms with Crippen molar-refractivity contribution in [1.29, 1.82) is 0 Å². The second kappa shape index (κ2) is 7.90. The number of ether oxygens (including phenoxy) is 1. The van der Waals surface area contributed by atoms with Gasteiger partial charge in [-0.25, -0.2) is 8.42 Å². The van der Waals surface area contributed by atoms with E-state index in [-0.39, 0.29) is 10.8 Å². The van der Waals surface area contributed by atoms with Crippen molar-refractivity contribution < 1.29 is 17.9 Å². The fourth-order valence-corrected chi connectivity index (χ4v) is 4.49. The van der Waals surface area contributed by atoms with Gasteiger partial charge in [0.15, 0.2) is 0 Å². The molecule has 0 saturated carbocycles. The molecule has 0 aliphatic carbocycles. The maximum Gasteiger partial charge on any atom is 0.243 e. The second-order valence-corrected chi connectivity index (χ2v) is 7.58. The summed E-state index contributed by atoms with van der Waals surface area (Å²) in [5, 5.41) is 0. The van der Waals surface area contributed by atoms with Crippen molar-refractivity contribution in [2.24, 2.45) is 0 Å². The molecule has 128 valence electrons. The molecule has 1 aromatic rings. The molecule has 0 aromatic heterocycles. The first-order chi connectivity index (χ1) is 11.0. The minimum absolute atomic E-state index is 0.141. The molecule has 2 rings (SSSR count). The standard InChI is InChI=1S/C16H24N2O4S/c1-17(11-7-13-22-2)16(19)15-10-6-12-18(15)23(20,21)14-8-4-3-5-9-14/h3-5,8-9,15H,6-7,10-13H2,1-2H3. The molecular weight excluding hydrogens is 316 g/mol. The van der Waals surface area contributed by atoms with Gasteiger partial charge in [0.25, 0.3) is 0 Å². The van der Waals surface area contributed by atoms with Crippen molar-refractivity contribution in [2.75, 3.05) is 33.9 Å². The van der Waals surface area contributed by atoms with E-state index in [1.54, 1.807) is 49.4 Å². The van der Waals surface area contributed by atoms with Gasteiger partial charge in [-0.2, -0.15) is 4.31 Å². The van der Waals surface area contributed by atoms with E-state index in [1.165, 1.54) is 4.31 Å². The molecule has 6 nitrogen and oxygen atoms in total. The normalized spacial score (nSPS) is 19.0. The quantitative estimate of drug-likeness (QED) is 0.703. The van der Waals surface area contributed by atoms with E-state index >= 15 is 0 Å². The summed E-state index contributed by atoms with van der Waals surface area (Å²) in [7, 11) is -0.300. The minimum Gasteiger partial charge on any atom is -0.385 e. The monoisotopic (exact) mass is 340 g/mol. The average molecular weight is 340 g/mol. The third-order valence-electron chi connectivity index (χ3n) is 4.06. The average Bonchev–Trinajstić information content (AvgIpc) is 3.05. The number of carbonyl (C=O) groups excluding carboxylic acids is 1. The molecule has 1 atom stereocenters. The first kappa shape index (κ1) is 17.9. The SMILES string of the molecule is COCCCN(C)C(=O)C1CCCN1S(=O)(=O)c1ccccc1. The van der Waals surface area contributed by atoms with Crippen molar-refractivity contribution in [1.82, 2.24) is 9.21 Å². The van der Waals surface area contributed by atoms with Crippen LogP contribution in [0.5, 0.6) is 0 Å². The molecule has 1 fully saturated rings. The molecule has 1 heterocycles. The molecule has 7 heteroatoms. The molecule has 1 aromatic carbocycles. The van der Waals surface area contributed by atoms with Gasteiger partial charge in [0, 0.05) is 33.9 Å². The summed E-state index contributed by atoms with van der Waals surface area (Å²) in [6.45, 7) is 1.52. The van der Waals surface area contributed by atoms with Gasteiger partial charge < -0.3 is 9.64 Å². The Morgan fingerprint density at radius 3 is 2.70 bits per heavy atom. The number of methoxy groups -OCH3 is 1. The minimum atomic E-state index is -3.63. The van der Waals surface area contributed by atoms with Crippen LogP contribution in [-0.2, 0) is 19.6 Å². The van der Waals surface area contributed by atoms with Crippen molar-refractivity contribution in [2.45, 2.75) is 30.2 Å². The van der Waals surface area contributed by atoms with Crippen LogP contribution in [0.15, 0.2) is 35.2 Å². The number of hydrogen-bond donors (Lipinski definition) is 0. The van der Waals surface area contributed by atoms with Gasteiger partial charge in [-0.1, -0.05) is 18.2 Å². The van der Waals surface area contributed by atoms with Gasteiger partial charge in [0.2, 0.25) is 15.9 Å². The third-order valence-corrected chi connectivity index (χ3v) is 5.98. The lowest BCUT2D eigenvalue weighted by atomic mass is 10.2. The predicted octanol–water partition coefficient (Wildman–Crippen LogP) is 1.33. The zero-order chi connectivity index (χ0) is 16.9. The summed E-state index contributed by atoms with van der Waals surface area (Å²) in [5.41, 5.74) is 0. The molecule has 0 radical (unpaired) electrons. The number of nitrogens with zero attached hydrogens (tertiary/aromatic N) is 2. The van der Waals surface area contributed by atoms with Crippen LogP contribution in [0.4, 0.5) is 0 Å². The van der Waals surface area contributed by atoms with Gasteiger partial charge in [0.05, 0.1) is 4.90 Å². The summed E-state index contributed by atoms with van der Waals surface area (Å²) in [6.07, 6.45) is 2.00. The van der Waals surface area contributed by atoms with Gasteiger partial charge in [-0.15, -0.1) is 0 Å². The maximum atomic E-state index is 12.8. The highest BCUT2D eigenvalue weighted by molar-refractivity contribution is 7.89. The summed E-state index contributed by atoms with van der Waals surface area (Å²) >= 11 is 0. The highest BCUT2D eigenvalue weighted by atomic mass is 32.2. The molecule has 1 aliphatic rings. The second-order valence-electron chi connectivity index (χ2n) is 5.69. The molecule has 1 saturated heterocycles. The Bertz CT molecular complexity index is 618. The molecular formula is C16H24N2O4S. The highest BCUT2D eigenvalue weighted by Crippen LogP contribution is 2.27. The zero-order valence-electron chi connectivity index (χ0n) is 13.6. The molecule has 0 N–H and O–H groups in total. The maximum absolute atomic E-state index is 12.8. The van der Waals surface area contributed by atoms with E-state index in [4.69, 9.17) is 4.74 Å². The van der Waals surface area contributed by atoms with E-state index in [9.17, 15) is 13.2 Å². The lowest BCUT2D eigenvalue weighted by Gasteiger charge is -2.27. The Hall–Kier alpha value is -1.44. The number of carbonyl (C=O) groups is 1. The van der Waals surface area contributed by atoms with E-state index in [0.29, 0.717) is 32.5 Å². The molecule has 23 heavy (non-hydrogen) atoms.